The van der Waals surface area contributed by atoms with Crippen molar-refractivity contribution >= 4 is 12.0 Å². The summed E-state index contributed by atoms with van der Waals surface area (Å²) in [5, 5.41) is 2.73. The van der Waals surface area contributed by atoms with Crippen molar-refractivity contribution in [2.75, 3.05) is 6.54 Å². The second-order valence-electron chi connectivity index (χ2n) is 5.03. The molecule has 1 aliphatic rings. The van der Waals surface area contributed by atoms with Crippen molar-refractivity contribution in [3.8, 4) is 0 Å². The predicted octanol–water partition coefficient (Wildman–Crippen LogP) is 1.56. The van der Waals surface area contributed by atoms with Crippen LogP contribution in [0.1, 0.15) is 36.8 Å². The summed E-state index contributed by atoms with van der Waals surface area (Å²) in [5.41, 5.74) is 0.746. The van der Waals surface area contributed by atoms with Gasteiger partial charge in [-0.15, -0.1) is 0 Å². The fourth-order valence-electron chi connectivity index (χ4n) is 1.80. The molecule has 1 amide bonds. The van der Waals surface area contributed by atoms with E-state index in [1.54, 1.807) is 12.3 Å². The lowest BCUT2D eigenvalue weighted by molar-refractivity contribution is 0.0532. The molecule has 0 atom stereocenters. The lowest BCUT2D eigenvalue weighted by Crippen LogP contribution is -2.34. The molecule has 92 valence electrons. The topological polar surface area (TPSA) is 60.3 Å². The van der Waals surface area contributed by atoms with Crippen LogP contribution in [0.5, 0.6) is 0 Å². The first-order valence-corrected chi connectivity index (χ1v) is 5.60. The zero-order valence-corrected chi connectivity index (χ0v) is 10.2. The summed E-state index contributed by atoms with van der Waals surface area (Å²) in [7, 11) is 0. The Balaban J connectivity index is 2.29. The highest BCUT2D eigenvalue weighted by Crippen LogP contribution is 2.17. The normalized spacial score (nSPS) is 15.1. The van der Waals surface area contributed by atoms with Crippen LogP contribution in [0.3, 0.4) is 0 Å². The van der Waals surface area contributed by atoms with Crippen LogP contribution in [0.25, 0.3) is 0 Å². The number of carbonyl (C=O) groups is 2. The maximum Gasteiger partial charge on any atom is 0.418 e. The minimum atomic E-state index is -0.537. The van der Waals surface area contributed by atoms with Gasteiger partial charge in [-0.3, -0.25) is 9.36 Å². The summed E-state index contributed by atoms with van der Waals surface area (Å²) in [6, 6.07) is 1.65. The average molecular weight is 236 g/mol. The zero-order chi connectivity index (χ0) is 12.6. The van der Waals surface area contributed by atoms with Crippen molar-refractivity contribution < 1.29 is 14.3 Å². The number of aromatic nitrogens is 1. The lowest BCUT2D eigenvalue weighted by atomic mass is 10.1. The second-order valence-corrected chi connectivity index (χ2v) is 5.03. The van der Waals surface area contributed by atoms with Crippen LogP contribution in [0.4, 0.5) is 4.79 Å². The second kappa shape index (κ2) is 3.91. The van der Waals surface area contributed by atoms with E-state index in [1.807, 2.05) is 20.8 Å². The van der Waals surface area contributed by atoms with Gasteiger partial charge in [-0.05, 0) is 26.8 Å². The van der Waals surface area contributed by atoms with Crippen molar-refractivity contribution in [2.24, 2.45) is 0 Å². The highest BCUT2D eigenvalue weighted by molar-refractivity contribution is 5.97. The van der Waals surface area contributed by atoms with E-state index < -0.39 is 11.7 Å². The number of hydrogen-bond donors (Lipinski definition) is 1. The number of ether oxygens (including phenoxy) is 1. The van der Waals surface area contributed by atoms with E-state index in [2.05, 4.69) is 5.32 Å². The van der Waals surface area contributed by atoms with E-state index >= 15 is 0 Å². The molecule has 1 aromatic rings. The first-order chi connectivity index (χ1) is 7.88. The summed E-state index contributed by atoms with van der Waals surface area (Å²) in [4.78, 5) is 23.4. The van der Waals surface area contributed by atoms with Gasteiger partial charge in [-0.25, -0.2) is 4.79 Å². The zero-order valence-electron chi connectivity index (χ0n) is 10.2. The third kappa shape index (κ3) is 2.33. The summed E-state index contributed by atoms with van der Waals surface area (Å²) in [6.07, 6.45) is 1.80. The third-order valence-corrected chi connectivity index (χ3v) is 2.47. The van der Waals surface area contributed by atoms with Gasteiger partial charge in [-0.2, -0.15) is 0 Å². The molecule has 1 N–H and O–H groups in total. The van der Waals surface area contributed by atoms with E-state index in [9.17, 15) is 9.59 Å². The van der Waals surface area contributed by atoms with Gasteiger partial charge in [0.2, 0.25) is 0 Å². The average Bonchev–Trinajstić information content (AvgIpc) is 2.60. The minimum absolute atomic E-state index is 0.131. The van der Waals surface area contributed by atoms with E-state index in [1.165, 1.54) is 4.57 Å². The molecule has 0 spiro atoms. The standard InChI is InChI=1S/C12H16N2O3/c1-12(2,3)17-11(16)14-7-5-8-9(14)4-6-13-10(8)15/h5,7H,4,6H2,1-3H3,(H,13,15). The van der Waals surface area contributed by atoms with Crippen LogP contribution in [0.15, 0.2) is 12.3 Å². The first kappa shape index (κ1) is 11.7. The Morgan fingerprint density at radius 2 is 2.18 bits per heavy atom. The molecule has 2 heterocycles. The third-order valence-electron chi connectivity index (χ3n) is 2.47. The number of carbonyl (C=O) groups excluding carboxylic acids is 2. The Hall–Kier alpha value is -1.78. The highest BCUT2D eigenvalue weighted by Gasteiger charge is 2.25. The Morgan fingerprint density at radius 1 is 1.47 bits per heavy atom. The first-order valence-electron chi connectivity index (χ1n) is 5.60. The van der Waals surface area contributed by atoms with E-state index in [4.69, 9.17) is 4.74 Å². The molecule has 17 heavy (non-hydrogen) atoms. The quantitative estimate of drug-likeness (QED) is 0.743. The van der Waals surface area contributed by atoms with Gasteiger partial charge in [0.15, 0.2) is 0 Å². The van der Waals surface area contributed by atoms with Crippen LogP contribution in [-0.2, 0) is 11.2 Å². The van der Waals surface area contributed by atoms with E-state index in [-0.39, 0.29) is 5.91 Å². The van der Waals surface area contributed by atoms with Gasteiger partial charge < -0.3 is 10.1 Å². The Bertz CT molecular complexity index is 469. The molecule has 0 bridgehead atoms. The molecule has 5 nitrogen and oxygen atoms in total. The number of nitrogens with zero attached hydrogens (tertiary/aromatic N) is 1. The van der Waals surface area contributed by atoms with E-state index in [0.29, 0.717) is 18.5 Å². The van der Waals surface area contributed by atoms with Crippen molar-refractivity contribution in [1.82, 2.24) is 9.88 Å². The van der Waals surface area contributed by atoms with Crippen LogP contribution in [0, 0.1) is 0 Å². The van der Waals surface area contributed by atoms with Gasteiger partial charge in [0.05, 0.1) is 5.56 Å². The van der Waals surface area contributed by atoms with Gasteiger partial charge in [0.1, 0.15) is 5.60 Å². The summed E-state index contributed by atoms with van der Waals surface area (Å²) in [5.74, 6) is -0.131. The molecule has 5 heteroatoms. The molecule has 0 saturated heterocycles. The predicted molar refractivity (Wildman–Crippen MR) is 62.1 cm³/mol. The molecule has 1 aromatic heterocycles. The highest BCUT2D eigenvalue weighted by atomic mass is 16.6. The molecule has 0 radical (unpaired) electrons. The van der Waals surface area contributed by atoms with Crippen LogP contribution < -0.4 is 5.32 Å². The van der Waals surface area contributed by atoms with Gasteiger partial charge in [0, 0.05) is 24.9 Å². The molecule has 0 aromatic carbocycles. The molecular formula is C12H16N2O3. The van der Waals surface area contributed by atoms with Crippen molar-refractivity contribution in [3.63, 3.8) is 0 Å². The van der Waals surface area contributed by atoms with Crippen LogP contribution >= 0.6 is 0 Å². The van der Waals surface area contributed by atoms with Crippen molar-refractivity contribution in [3.05, 3.63) is 23.5 Å². The van der Waals surface area contributed by atoms with Crippen LogP contribution in [0.2, 0.25) is 0 Å². The van der Waals surface area contributed by atoms with Gasteiger partial charge in [-0.1, -0.05) is 0 Å². The Labute approximate surface area is 99.8 Å². The molecule has 0 aliphatic carbocycles. The number of hydrogen-bond acceptors (Lipinski definition) is 3. The molecular weight excluding hydrogens is 220 g/mol. The molecule has 0 unspecified atom stereocenters. The Morgan fingerprint density at radius 3 is 2.82 bits per heavy atom. The van der Waals surface area contributed by atoms with Gasteiger partial charge >= 0.3 is 6.09 Å². The molecule has 1 aliphatic heterocycles. The number of amides is 1. The number of fused-ring (bicyclic) bond motifs is 1. The van der Waals surface area contributed by atoms with Gasteiger partial charge in [0.25, 0.3) is 5.91 Å². The smallest absolute Gasteiger partial charge is 0.418 e. The largest absolute Gasteiger partial charge is 0.443 e. The summed E-state index contributed by atoms with van der Waals surface area (Å²) >= 11 is 0. The van der Waals surface area contributed by atoms with Crippen LogP contribution in [-0.4, -0.2) is 28.7 Å². The SMILES string of the molecule is CC(C)(C)OC(=O)n1ccc2c1CCNC2=O. The maximum atomic E-state index is 11.9. The fourth-order valence-corrected chi connectivity index (χ4v) is 1.80. The minimum Gasteiger partial charge on any atom is -0.443 e. The van der Waals surface area contributed by atoms with Crippen molar-refractivity contribution in [2.45, 2.75) is 32.8 Å². The molecule has 0 fully saturated rings. The summed E-state index contributed by atoms with van der Waals surface area (Å²) < 4.78 is 6.69. The molecule has 2 rings (SSSR count). The number of rotatable bonds is 0. The monoisotopic (exact) mass is 236 g/mol. The fraction of sp³-hybridized carbons (Fsp3) is 0.500. The lowest BCUT2D eigenvalue weighted by Gasteiger charge is -2.21. The maximum absolute atomic E-state index is 11.9. The van der Waals surface area contributed by atoms with Crippen molar-refractivity contribution in [1.29, 1.82) is 0 Å². The number of nitrogens with one attached hydrogen (secondary N) is 1. The summed E-state index contributed by atoms with van der Waals surface area (Å²) in [6.45, 7) is 5.99. The Kier molecular flexibility index (Phi) is 2.69. The van der Waals surface area contributed by atoms with E-state index in [0.717, 1.165) is 5.69 Å². The molecule has 0 saturated carbocycles.